The highest BCUT2D eigenvalue weighted by Gasteiger charge is 2.36. The Bertz CT molecular complexity index is 942. The SMILES string of the molecule is CC[C@@H](C)N(C(=O)OC(C)(C)C)c1ncccc1[C@H]1CCCN1C(=O)OCc1ccccc1. The Morgan fingerprint density at radius 1 is 1.18 bits per heavy atom. The fraction of sp³-hybridized carbons (Fsp3) is 0.500. The molecular formula is C26H35N3O4. The topological polar surface area (TPSA) is 72.0 Å². The van der Waals surface area contributed by atoms with Crippen molar-refractivity contribution in [3.63, 3.8) is 0 Å². The first-order valence-corrected chi connectivity index (χ1v) is 11.7. The lowest BCUT2D eigenvalue weighted by atomic mass is 10.0. The van der Waals surface area contributed by atoms with Crippen LogP contribution in [0.2, 0.25) is 0 Å². The number of pyridine rings is 1. The number of carbonyl (C=O) groups is 2. The first-order chi connectivity index (χ1) is 15.7. The van der Waals surface area contributed by atoms with Crippen molar-refractivity contribution < 1.29 is 19.1 Å². The Hall–Kier alpha value is -3.09. The largest absolute Gasteiger partial charge is 0.445 e. The van der Waals surface area contributed by atoms with E-state index < -0.39 is 11.7 Å². The molecule has 33 heavy (non-hydrogen) atoms. The van der Waals surface area contributed by atoms with Gasteiger partial charge in [-0.25, -0.2) is 14.6 Å². The molecule has 1 fully saturated rings. The van der Waals surface area contributed by atoms with Crippen LogP contribution in [0.1, 0.15) is 71.0 Å². The van der Waals surface area contributed by atoms with E-state index in [9.17, 15) is 9.59 Å². The molecule has 2 aromatic rings. The number of carbonyl (C=O) groups excluding carboxylic acids is 2. The summed E-state index contributed by atoms with van der Waals surface area (Å²) in [6, 6.07) is 13.1. The van der Waals surface area contributed by atoms with Crippen molar-refractivity contribution in [2.24, 2.45) is 0 Å². The summed E-state index contributed by atoms with van der Waals surface area (Å²) in [6.45, 7) is 10.4. The predicted octanol–water partition coefficient (Wildman–Crippen LogP) is 6.10. The number of likely N-dealkylation sites (tertiary alicyclic amines) is 1. The van der Waals surface area contributed by atoms with Gasteiger partial charge in [0, 0.05) is 24.3 Å². The van der Waals surface area contributed by atoms with Gasteiger partial charge in [0.15, 0.2) is 0 Å². The van der Waals surface area contributed by atoms with E-state index in [-0.39, 0.29) is 24.8 Å². The lowest BCUT2D eigenvalue weighted by Gasteiger charge is -2.33. The summed E-state index contributed by atoms with van der Waals surface area (Å²) in [5.41, 5.74) is 1.15. The first kappa shape index (κ1) is 24.6. The molecule has 7 heteroatoms. The van der Waals surface area contributed by atoms with E-state index in [0.29, 0.717) is 12.4 Å². The van der Waals surface area contributed by atoms with Crippen molar-refractivity contribution in [2.75, 3.05) is 11.4 Å². The summed E-state index contributed by atoms with van der Waals surface area (Å²) in [5.74, 6) is 0.536. The highest BCUT2D eigenvalue weighted by Crippen LogP contribution is 2.38. The van der Waals surface area contributed by atoms with Crippen LogP contribution in [0.15, 0.2) is 48.7 Å². The number of hydrogen-bond acceptors (Lipinski definition) is 5. The highest BCUT2D eigenvalue weighted by molar-refractivity contribution is 5.88. The molecule has 7 nitrogen and oxygen atoms in total. The maximum atomic E-state index is 13.2. The summed E-state index contributed by atoms with van der Waals surface area (Å²) in [5, 5.41) is 0. The van der Waals surface area contributed by atoms with E-state index in [0.717, 1.165) is 30.4 Å². The van der Waals surface area contributed by atoms with Gasteiger partial charge < -0.3 is 14.4 Å². The molecule has 3 rings (SSSR count). The third-order valence-corrected chi connectivity index (χ3v) is 5.72. The number of nitrogens with zero attached hydrogens (tertiary/aromatic N) is 3. The van der Waals surface area contributed by atoms with E-state index in [4.69, 9.17) is 9.47 Å². The summed E-state index contributed by atoms with van der Waals surface area (Å²) in [7, 11) is 0. The van der Waals surface area contributed by atoms with Crippen LogP contribution in [0.5, 0.6) is 0 Å². The zero-order valence-electron chi connectivity index (χ0n) is 20.3. The molecule has 1 saturated heterocycles. The van der Waals surface area contributed by atoms with Crippen LogP contribution in [0.4, 0.5) is 15.4 Å². The second kappa shape index (κ2) is 10.7. The predicted molar refractivity (Wildman–Crippen MR) is 128 cm³/mol. The normalized spacial score (nSPS) is 16.9. The Morgan fingerprint density at radius 3 is 2.58 bits per heavy atom. The highest BCUT2D eigenvalue weighted by atomic mass is 16.6. The van der Waals surface area contributed by atoms with Crippen LogP contribution >= 0.6 is 0 Å². The average Bonchev–Trinajstić information content (AvgIpc) is 3.27. The molecule has 0 aliphatic carbocycles. The number of amides is 2. The molecule has 1 aromatic heterocycles. The monoisotopic (exact) mass is 453 g/mol. The van der Waals surface area contributed by atoms with Crippen LogP contribution in [0.3, 0.4) is 0 Å². The maximum absolute atomic E-state index is 13.2. The minimum atomic E-state index is -0.627. The molecule has 1 aliphatic rings. The summed E-state index contributed by atoms with van der Waals surface area (Å²) in [6.07, 6.45) is 3.25. The van der Waals surface area contributed by atoms with E-state index in [1.165, 1.54) is 0 Å². The van der Waals surface area contributed by atoms with Crippen LogP contribution in [0, 0.1) is 0 Å². The molecule has 0 unspecified atom stereocenters. The molecule has 2 heterocycles. The number of aromatic nitrogens is 1. The van der Waals surface area contributed by atoms with E-state index in [2.05, 4.69) is 4.98 Å². The van der Waals surface area contributed by atoms with Crippen molar-refractivity contribution in [3.05, 3.63) is 59.8 Å². The van der Waals surface area contributed by atoms with E-state index in [1.807, 2.05) is 77.1 Å². The molecule has 0 radical (unpaired) electrons. The van der Waals surface area contributed by atoms with E-state index in [1.54, 1.807) is 16.0 Å². The Balaban J connectivity index is 1.86. The van der Waals surface area contributed by atoms with Gasteiger partial charge in [0.05, 0.1) is 6.04 Å². The van der Waals surface area contributed by atoms with Gasteiger partial charge in [0.25, 0.3) is 0 Å². The zero-order valence-corrected chi connectivity index (χ0v) is 20.3. The molecule has 0 N–H and O–H groups in total. The third-order valence-electron chi connectivity index (χ3n) is 5.72. The van der Waals surface area contributed by atoms with Gasteiger partial charge in [-0.05, 0) is 58.6 Å². The van der Waals surface area contributed by atoms with Crippen LogP contribution in [-0.2, 0) is 16.1 Å². The molecule has 0 saturated carbocycles. The second-order valence-corrected chi connectivity index (χ2v) is 9.42. The molecule has 0 spiro atoms. The van der Waals surface area contributed by atoms with Crippen LogP contribution < -0.4 is 4.90 Å². The number of ether oxygens (including phenoxy) is 2. The minimum absolute atomic E-state index is 0.117. The molecule has 1 aromatic carbocycles. The molecule has 2 amide bonds. The lowest BCUT2D eigenvalue weighted by molar-refractivity contribution is 0.0565. The quantitative estimate of drug-likeness (QED) is 0.529. The molecule has 1 aliphatic heterocycles. The Labute approximate surface area is 196 Å². The molecule has 178 valence electrons. The van der Waals surface area contributed by atoms with Crippen LogP contribution in [-0.4, -0.2) is 40.3 Å². The van der Waals surface area contributed by atoms with Gasteiger partial charge in [0.1, 0.15) is 18.0 Å². The number of benzene rings is 1. The fourth-order valence-corrected chi connectivity index (χ4v) is 3.95. The van der Waals surface area contributed by atoms with Gasteiger partial charge in [-0.2, -0.15) is 0 Å². The van der Waals surface area contributed by atoms with Crippen molar-refractivity contribution in [1.82, 2.24) is 9.88 Å². The van der Waals surface area contributed by atoms with E-state index >= 15 is 0 Å². The Kier molecular flexibility index (Phi) is 7.95. The van der Waals surface area contributed by atoms with Crippen molar-refractivity contribution >= 4 is 18.0 Å². The average molecular weight is 454 g/mol. The summed E-state index contributed by atoms with van der Waals surface area (Å²) >= 11 is 0. The number of rotatable bonds is 6. The zero-order chi connectivity index (χ0) is 24.0. The van der Waals surface area contributed by atoms with Gasteiger partial charge >= 0.3 is 12.2 Å². The second-order valence-electron chi connectivity index (χ2n) is 9.42. The Morgan fingerprint density at radius 2 is 1.91 bits per heavy atom. The van der Waals surface area contributed by atoms with Crippen molar-refractivity contribution in [2.45, 2.75) is 78.2 Å². The lowest BCUT2D eigenvalue weighted by Crippen LogP contribution is -2.43. The first-order valence-electron chi connectivity index (χ1n) is 11.7. The van der Waals surface area contributed by atoms with Gasteiger partial charge in [-0.1, -0.05) is 43.3 Å². The van der Waals surface area contributed by atoms with Crippen molar-refractivity contribution in [3.8, 4) is 0 Å². The van der Waals surface area contributed by atoms with Crippen molar-refractivity contribution in [1.29, 1.82) is 0 Å². The molecule has 0 bridgehead atoms. The molecular weight excluding hydrogens is 418 g/mol. The fourth-order valence-electron chi connectivity index (χ4n) is 3.95. The van der Waals surface area contributed by atoms with Gasteiger partial charge in [-0.3, -0.25) is 4.90 Å². The van der Waals surface area contributed by atoms with Gasteiger partial charge in [0.2, 0.25) is 0 Å². The summed E-state index contributed by atoms with van der Waals surface area (Å²) in [4.78, 5) is 34.1. The van der Waals surface area contributed by atoms with Gasteiger partial charge in [-0.15, -0.1) is 0 Å². The molecule has 2 atom stereocenters. The third kappa shape index (κ3) is 6.24. The standard InChI is InChI=1S/C26H35N3O4/c1-6-19(2)29(25(31)33-26(3,4)5)23-21(14-10-16-27-23)22-15-11-17-28(22)24(30)32-18-20-12-8-7-9-13-20/h7-10,12-14,16,19,22H,6,11,15,17-18H2,1-5H3/t19-,22-/m1/s1. The number of anilines is 1. The maximum Gasteiger partial charge on any atom is 0.416 e. The smallest absolute Gasteiger partial charge is 0.416 e. The minimum Gasteiger partial charge on any atom is -0.445 e. The number of hydrogen-bond donors (Lipinski definition) is 0. The summed E-state index contributed by atoms with van der Waals surface area (Å²) < 4.78 is 11.3. The van der Waals surface area contributed by atoms with Crippen LogP contribution in [0.25, 0.3) is 0 Å².